The highest BCUT2D eigenvalue weighted by Gasteiger charge is 2.24. The molecular weight excluding hydrogens is 317 g/mol. The molecule has 1 amide bonds. The van der Waals surface area contributed by atoms with E-state index in [0.29, 0.717) is 0 Å². The summed E-state index contributed by atoms with van der Waals surface area (Å²) in [4.78, 5) is 23.0. The number of nitrogens with one attached hydrogen (secondary N) is 1. The van der Waals surface area contributed by atoms with Crippen molar-refractivity contribution < 1.29 is 24.0 Å². The van der Waals surface area contributed by atoms with E-state index in [9.17, 15) is 19.3 Å². The topological polar surface area (TPSA) is 92.7 Å². The summed E-state index contributed by atoms with van der Waals surface area (Å²) in [7, 11) is -2.34. The minimum absolute atomic E-state index is 0.118. The zero-order chi connectivity index (χ0) is 17.8. The lowest BCUT2D eigenvalue weighted by atomic mass is 10.1. The summed E-state index contributed by atoms with van der Waals surface area (Å²) in [6.07, 6.45) is -0.653. The van der Waals surface area contributed by atoms with Gasteiger partial charge in [-0.2, -0.15) is 0 Å². The van der Waals surface area contributed by atoms with Gasteiger partial charge in [-0.3, -0.25) is 0 Å². The quantitative estimate of drug-likeness (QED) is 0.803. The van der Waals surface area contributed by atoms with Crippen LogP contribution < -0.4 is 10.6 Å². The molecule has 1 aromatic carbocycles. The lowest BCUT2D eigenvalue weighted by molar-refractivity contribution is -0.139. The molecule has 1 aromatic rings. The highest BCUT2D eigenvalue weighted by Crippen LogP contribution is 2.34. The Morgan fingerprint density at radius 2 is 1.74 bits per heavy atom. The third-order valence-electron chi connectivity index (χ3n) is 2.99. The molecule has 128 valence electrons. The fourth-order valence-corrected chi connectivity index (χ4v) is 2.74. The van der Waals surface area contributed by atoms with Gasteiger partial charge in [0, 0.05) is 11.7 Å². The van der Waals surface area contributed by atoms with Gasteiger partial charge in [0.2, 0.25) is 0 Å². The van der Waals surface area contributed by atoms with Crippen LogP contribution in [0, 0.1) is 0 Å². The van der Waals surface area contributed by atoms with E-state index in [-0.39, 0.29) is 6.42 Å². The predicted molar refractivity (Wildman–Crippen MR) is 90.0 cm³/mol. The largest absolute Gasteiger partial charge is 0.480 e. The monoisotopic (exact) mass is 341 g/mol. The highest BCUT2D eigenvalue weighted by atomic mass is 31.2. The van der Waals surface area contributed by atoms with Gasteiger partial charge in [0.1, 0.15) is 18.8 Å². The summed E-state index contributed by atoms with van der Waals surface area (Å²) in [5, 5.41) is 12.3. The van der Waals surface area contributed by atoms with Gasteiger partial charge in [0.15, 0.2) is 0 Å². The number of hydrogen-bond donors (Lipinski definition) is 2. The first-order valence-electron chi connectivity index (χ1n) is 7.25. The summed E-state index contributed by atoms with van der Waals surface area (Å²) in [6.45, 7) is 8.46. The number of carbonyl (C=O) groups excluding carboxylic acids is 1. The average molecular weight is 341 g/mol. The number of benzene rings is 1. The first-order valence-corrected chi connectivity index (χ1v) is 9.85. The van der Waals surface area contributed by atoms with Crippen molar-refractivity contribution in [3.63, 3.8) is 0 Å². The summed E-state index contributed by atoms with van der Waals surface area (Å²) in [6, 6.07) is 5.81. The number of carboxylic acids is 1. The average Bonchev–Trinajstić information content (AvgIpc) is 2.35. The molecule has 0 fully saturated rings. The molecule has 2 N–H and O–H groups in total. The number of ether oxygens (including phenoxy) is 1. The molecule has 0 saturated heterocycles. The smallest absolute Gasteiger partial charge is 0.408 e. The van der Waals surface area contributed by atoms with E-state index in [0.717, 1.165) is 10.9 Å². The normalized spacial score (nSPS) is 13.3. The maximum atomic E-state index is 12.0. The third kappa shape index (κ3) is 6.87. The van der Waals surface area contributed by atoms with Crippen LogP contribution >= 0.6 is 7.14 Å². The molecule has 0 aliphatic heterocycles. The van der Waals surface area contributed by atoms with Gasteiger partial charge in [-0.1, -0.05) is 24.3 Å². The van der Waals surface area contributed by atoms with Crippen molar-refractivity contribution in [2.75, 3.05) is 13.3 Å². The summed E-state index contributed by atoms with van der Waals surface area (Å²) < 4.78 is 17.0. The Hall–Kier alpha value is -1.81. The fraction of sp³-hybridized carbons (Fsp3) is 0.500. The molecule has 1 atom stereocenters. The Balaban J connectivity index is 2.79. The number of carbonyl (C=O) groups is 2. The van der Waals surface area contributed by atoms with Crippen LogP contribution in [0.25, 0.3) is 0 Å². The first-order chi connectivity index (χ1) is 10.4. The molecule has 1 rings (SSSR count). The van der Waals surface area contributed by atoms with E-state index < -0.39 is 30.8 Å². The molecule has 0 aromatic heterocycles. The second-order valence-corrected chi connectivity index (χ2v) is 9.98. The molecule has 0 aliphatic rings. The van der Waals surface area contributed by atoms with Crippen LogP contribution in [-0.2, 0) is 20.5 Å². The molecule has 0 saturated carbocycles. The van der Waals surface area contributed by atoms with Gasteiger partial charge in [0.05, 0.1) is 0 Å². The van der Waals surface area contributed by atoms with Crippen LogP contribution in [0.3, 0.4) is 0 Å². The number of alkyl carbamates (subject to hydrolysis) is 1. The van der Waals surface area contributed by atoms with E-state index in [2.05, 4.69) is 5.32 Å². The molecule has 0 radical (unpaired) electrons. The van der Waals surface area contributed by atoms with Crippen LogP contribution in [0.4, 0.5) is 4.79 Å². The molecule has 6 nitrogen and oxygen atoms in total. The van der Waals surface area contributed by atoms with E-state index in [1.807, 2.05) is 0 Å². The van der Waals surface area contributed by atoms with Crippen LogP contribution in [0.2, 0.25) is 0 Å². The van der Waals surface area contributed by atoms with Crippen molar-refractivity contribution in [2.24, 2.45) is 0 Å². The maximum Gasteiger partial charge on any atom is 0.408 e. The van der Waals surface area contributed by atoms with Crippen molar-refractivity contribution in [2.45, 2.75) is 38.8 Å². The van der Waals surface area contributed by atoms with Gasteiger partial charge >= 0.3 is 12.1 Å². The molecule has 0 aliphatic carbocycles. The SMILES string of the molecule is CC(C)(C)OC(=O)N[C@@H](Cc1ccc(P(C)(C)=O)cc1)C(=O)O. The predicted octanol–water partition coefficient (Wildman–Crippen LogP) is 2.46. The minimum Gasteiger partial charge on any atom is -0.480 e. The van der Waals surface area contributed by atoms with E-state index in [4.69, 9.17) is 4.74 Å². The summed E-state index contributed by atoms with van der Waals surface area (Å²) in [5.74, 6) is -1.14. The van der Waals surface area contributed by atoms with E-state index in [1.54, 1.807) is 58.4 Å². The number of rotatable bonds is 5. The molecule has 0 heterocycles. The van der Waals surface area contributed by atoms with Crippen molar-refractivity contribution in [1.82, 2.24) is 5.32 Å². The zero-order valence-corrected chi connectivity index (χ0v) is 15.0. The van der Waals surface area contributed by atoms with Crippen LogP contribution in [0.1, 0.15) is 26.3 Å². The lowest BCUT2D eigenvalue weighted by Gasteiger charge is -2.22. The Labute approximate surface area is 136 Å². The van der Waals surface area contributed by atoms with Gasteiger partial charge in [-0.15, -0.1) is 0 Å². The standard InChI is InChI=1S/C16H24NO5P/c1-16(2,3)22-15(20)17-13(14(18)19)10-11-6-8-12(9-7-11)23(4,5)21/h6-9,13H,10H2,1-5H3,(H,17,20)(H,18,19)/t13-/m0/s1. The Morgan fingerprint density at radius 3 is 2.13 bits per heavy atom. The van der Waals surface area contributed by atoms with Crippen molar-refractivity contribution in [3.05, 3.63) is 29.8 Å². The lowest BCUT2D eigenvalue weighted by Crippen LogP contribution is -2.44. The molecule has 0 spiro atoms. The van der Waals surface area contributed by atoms with Gasteiger partial charge in [0.25, 0.3) is 0 Å². The second kappa shape index (κ2) is 7.18. The van der Waals surface area contributed by atoms with Crippen LogP contribution in [0.15, 0.2) is 24.3 Å². The van der Waals surface area contributed by atoms with E-state index >= 15 is 0 Å². The first kappa shape index (κ1) is 19.2. The number of carboxylic acid groups (broad SMARTS) is 1. The Kier molecular flexibility index (Phi) is 6.00. The second-order valence-electron chi connectivity index (χ2n) is 6.76. The summed E-state index contributed by atoms with van der Waals surface area (Å²) in [5.41, 5.74) is 0.0312. The fourth-order valence-electron chi connectivity index (χ4n) is 1.88. The summed E-state index contributed by atoms with van der Waals surface area (Å²) >= 11 is 0. The number of hydrogen-bond acceptors (Lipinski definition) is 4. The van der Waals surface area contributed by atoms with Gasteiger partial charge < -0.3 is 19.7 Å². The molecule has 0 unspecified atom stereocenters. The maximum absolute atomic E-state index is 12.0. The Bertz CT molecular complexity index is 612. The van der Waals surface area contributed by atoms with Crippen molar-refractivity contribution >= 4 is 24.5 Å². The van der Waals surface area contributed by atoms with Gasteiger partial charge in [-0.25, -0.2) is 9.59 Å². The number of amides is 1. The third-order valence-corrected chi connectivity index (χ3v) is 4.53. The van der Waals surface area contributed by atoms with Gasteiger partial charge in [-0.05, 0) is 39.7 Å². The van der Waals surface area contributed by atoms with Crippen LogP contribution in [0.5, 0.6) is 0 Å². The van der Waals surface area contributed by atoms with E-state index in [1.165, 1.54) is 0 Å². The van der Waals surface area contributed by atoms with Crippen molar-refractivity contribution in [3.8, 4) is 0 Å². The van der Waals surface area contributed by atoms with Crippen LogP contribution in [-0.4, -0.2) is 42.1 Å². The molecular formula is C16H24NO5P. The Morgan fingerprint density at radius 1 is 1.22 bits per heavy atom. The molecule has 0 bridgehead atoms. The number of aliphatic carboxylic acids is 1. The van der Waals surface area contributed by atoms with Crippen molar-refractivity contribution in [1.29, 1.82) is 0 Å². The highest BCUT2D eigenvalue weighted by molar-refractivity contribution is 7.70. The molecule has 7 heteroatoms. The zero-order valence-electron chi connectivity index (χ0n) is 14.1. The molecule has 23 heavy (non-hydrogen) atoms. The minimum atomic E-state index is -2.34.